The van der Waals surface area contributed by atoms with Gasteiger partial charge in [-0.05, 0) is 17.7 Å². The van der Waals surface area contributed by atoms with Crippen LogP contribution in [0.5, 0.6) is 0 Å². The maximum absolute atomic E-state index is 13.0. The minimum atomic E-state index is -4.97. The average Bonchev–Trinajstić information content (AvgIpc) is 2.94. The summed E-state index contributed by atoms with van der Waals surface area (Å²) in [6.07, 6.45) is -4.97. The van der Waals surface area contributed by atoms with Crippen molar-refractivity contribution in [1.29, 1.82) is 0 Å². The van der Waals surface area contributed by atoms with E-state index in [1.165, 1.54) is 24.3 Å². The van der Waals surface area contributed by atoms with Crippen LogP contribution in [-0.2, 0) is 15.8 Å². The number of nitrogens with one attached hydrogen (secondary N) is 1. The van der Waals surface area contributed by atoms with Gasteiger partial charge in [-0.15, -0.1) is 0 Å². The fourth-order valence-electron chi connectivity index (χ4n) is 1.92. The second-order valence-corrected chi connectivity index (χ2v) is 4.82. The molecular weight excluding hydrogens is 355 g/mol. The Morgan fingerprint density at radius 1 is 1.04 bits per heavy atom. The zero-order valence-corrected chi connectivity index (χ0v) is 12.2. The fourth-order valence-corrected chi connectivity index (χ4v) is 2.05. The van der Waals surface area contributed by atoms with E-state index in [4.69, 9.17) is 21.8 Å². The summed E-state index contributed by atoms with van der Waals surface area (Å²) >= 11 is 5.69. The number of carboxylic acid groups (broad SMARTS) is 2. The van der Waals surface area contributed by atoms with Crippen molar-refractivity contribution >= 4 is 29.1 Å². The Kier molecular flexibility index (Phi) is 4.60. The highest BCUT2D eigenvalue weighted by Gasteiger charge is 2.40. The molecular formula is C13H7ClF3N3O4. The van der Waals surface area contributed by atoms with Crippen molar-refractivity contribution in [2.75, 3.05) is 0 Å². The Morgan fingerprint density at radius 2 is 1.58 bits per heavy atom. The van der Waals surface area contributed by atoms with Gasteiger partial charge >= 0.3 is 18.1 Å². The zero-order valence-electron chi connectivity index (χ0n) is 11.4. The maximum Gasteiger partial charge on any atom is 0.437 e. The Balaban J connectivity index is 2.86. The molecule has 3 N–H and O–H groups in total. The number of aromatic nitrogens is 3. The third kappa shape index (κ3) is 3.38. The summed E-state index contributed by atoms with van der Waals surface area (Å²) < 4.78 is 39.1. The van der Waals surface area contributed by atoms with Crippen molar-refractivity contribution in [3.63, 3.8) is 0 Å². The molecule has 0 unspecified atom stereocenters. The molecule has 0 amide bonds. The smallest absolute Gasteiger partial charge is 0.437 e. The lowest BCUT2D eigenvalue weighted by Gasteiger charge is -2.11. The van der Waals surface area contributed by atoms with Gasteiger partial charge in [0, 0.05) is 10.6 Å². The van der Waals surface area contributed by atoms with E-state index in [0.717, 1.165) is 0 Å². The van der Waals surface area contributed by atoms with Crippen LogP contribution >= 0.6 is 11.6 Å². The van der Waals surface area contributed by atoms with Crippen LogP contribution < -0.4 is 0 Å². The molecule has 0 fully saturated rings. The first-order chi connectivity index (χ1) is 11.1. The molecule has 0 aliphatic carbocycles. The molecule has 0 spiro atoms. The zero-order chi connectivity index (χ0) is 18.1. The van der Waals surface area contributed by atoms with E-state index in [2.05, 4.69) is 10.2 Å². The van der Waals surface area contributed by atoms with Gasteiger partial charge in [-0.25, -0.2) is 9.59 Å². The second kappa shape index (κ2) is 6.32. The van der Waals surface area contributed by atoms with Crippen molar-refractivity contribution in [2.24, 2.45) is 0 Å². The number of benzene rings is 1. The summed E-state index contributed by atoms with van der Waals surface area (Å²) in [5.41, 5.74) is -4.62. The van der Waals surface area contributed by atoms with Crippen LogP contribution in [0.1, 0.15) is 17.0 Å². The van der Waals surface area contributed by atoms with Crippen molar-refractivity contribution in [3.8, 4) is 0 Å². The Bertz CT molecular complexity index is 812. The summed E-state index contributed by atoms with van der Waals surface area (Å²) in [6, 6.07) is 4.90. The highest BCUT2D eigenvalue weighted by molar-refractivity contribution is 6.30. The molecule has 1 aromatic carbocycles. The number of aliphatic carboxylic acids is 2. The number of alkyl halides is 3. The summed E-state index contributed by atoms with van der Waals surface area (Å²) in [4.78, 5) is 22.5. The van der Waals surface area contributed by atoms with Crippen molar-refractivity contribution in [1.82, 2.24) is 15.4 Å². The lowest BCUT2D eigenvalue weighted by atomic mass is 9.95. The predicted octanol–water partition coefficient (Wildman–Crippen LogP) is 2.45. The Morgan fingerprint density at radius 3 is 2.04 bits per heavy atom. The predicted molar refractivity (Wildman–Crippen MR) is 74.1 cm³/mol. The number of aromatic amines is 1. The van der Waals surface area contributed by atoms with Crippen LogP contribution in [0.4, 0.5) is 13.2 Å². The lowest BCUT2D eigenvalue weighted by molar-refractivity contribution is -0.142. The van der Waals surface area contributed by atoms with Gasteiger partial charge in [-0.3, -0.25) is 0 Å². The molecule has 1 aromatic heterocycles. The molecule has 126 valence electrons. The first kappa shape index (κ1) is 17.5. The molecule has 2 rings (SSSR count). The van der Waals surface area contributed by atoms with E-state index in [-0.39, 0.29) is 10.6 Å². The number of hydrogen-bond donors (Lipinski definition) is 3. The van der Waals surface area contributed by atoms with Crippen LogP contribution in [0.25, 0.3) is 5.57 Å². The maximum atomic E-state index is 13.0. The largest absolute Gasteiger partial charge is 0.477 e. The number of carboxylic acids is 2. The quantitative estimate of drug-likeness (QED) is 0.437. The molecule has 11 heteroatoms. The molecule has 24 heavy (non-hydrogen) atoms. The highest BCUT2D eigenvalue weighted by atomic mass is 35.5. The highest BCUT2D eigenvalue weighted by Crippen LogP contribution is 2.36. The van der Waals surface area contributed by atoms with Gasteiger partial charge in [-0.2, -0.15) is 28.6 Å². The molecule has 0 bridgehead atoms. The minimum absolute atomic E-state index is 0.126. The van der Waals surface area contributed by atoms with Gasteiger partial charge in [0.1, 0.15) is 5.69 Å². The number of nitrogens with zero attached hydrogens (tertiary/aromatic N) is 2. The van der Waals surface area contributed by atoms with Crippen LogP contribution in [0.2, 0.25) is 5.02 Å². The number of H-pyrrole nitrogens is 1. The summed E-state index contributed by atoms with van der Waals surface area (Å²) in [6.45, 7) is 0. The van der Waals surface area contributed by atoms with E-state index >= 15 is 0 Å². The molecule has 0 radical (unpaired) electrons. The van der Waals surface area contributed by atoms with Gasteiger partial charge in [0.25, 0.3) is 0 Å². The van der Waals surface area contributed by atoms with E-state index in [0.29, 0.717) is 0 Å². The van der Waals surface area contributed by atoms with Gasteiger partial charge in [0.05, 0.1) is 0 Å². The van der Waals surface area contributed by atoms with Crippen LogP contribution in [0.15, 0.2) is 29.8 Å². The van der Waals surface area contributed by atoms with E-state index in [1.807, 2.05) is 0 Å². The Labute approximate surface area is 136 Å². The third-order valence-electron chi connectivity index (χ3n) is 2.86. The SMILES string of the molecule is O=C(O)C(C(=O)O)=C(c1ccc(Cl)cc1)c1n[nH]nc1C(F)(F)F. The number of hydrogen-bond acceptors (Lipinski definition) is 4. The van der Waals surface area contributed by atoms with Gasteiger partial charge in [-0.1, -0.05) is 23.7 Å². The monoisotopic (exact) mass is 361 g/mol. The molecule has 7 nitrogen and oxygen atoms in total. The molecule has 0 aliphatic rings. The van der Waals surface area contributed by atoms with Gasteiger partial charge < -0.3 is 10.2 Å². The van der Waals surface area contributed by atoms with Crippen molar-refractivity contribution in [2.45, 2.75) is 6.18 Å². The normalized spacial score (nSPS) is 11.2. The molecule has 0 aliphatic heterocycles. The van der Waals surface area contributed by atoms with Gasteiger partial charge in [0.2, 0.25) is 0 Å². The molecule has 0 saturated heterocycles. The molecule has 0 atom stereocenters. The average molecular weight is 362 g/mol. The van der Waals surface area contributed by atoms with Crippen molar-refractivity contribution < 1.29 is 33.0 Å². The number of rotatable bonds is 4. The number of halogens is 4. The van der Waals surface area contributed by atoms with E-state index < -0.39 is 40.6 Å². The van der Waals surface area contributed by atoms with Crippen LogP contribution in [-0.4, -0.2) is 37.6 Å². The molecule has 0 saturated carbocycles. The number of carbonyl (C=O) groups is 2. The molecule has 2 aromatic rings. The Hall–Kier alpha value is -2.88. The second-order valence-electron chi connectivity index (χ2n) is 4.39. The topological polar surface area (TPSA) is 116 Å². The van der Waals surface area contributed by atoms with E-state index in [9.17, 15) is 22.8 Å². The van der Waals surface area contributed by atoms with E-state index in [1.54, 1.807) is 5.21 Å². The van der Waals surface area contributed by atoms with Crippen LogP contribution in [0.3, 0.4) is 0 Å². The fraction of sp³-hybridized carbons (Fsp3) is 0.0769. The minimum Gasteiger partial charge on any atom is -0.477 e. The lowest BCUT2D eigenvalue weighted by Crippen LogP contribution is -2.17. The standard InChI is InChI=1S/C13H7ClF3N3O4/c14-6-3-1-5(2-4-6)7(8(11(21)22)12(23)24)9-10(13(15,16)17)19-20-18-9/h1-4H,(H,21,22)(H,23,24)(H,18,19,20). The summed E-state index contributed by atoms with van der Waals surface area (Å²) in [7, 11) is 0. The van der Waals surface area contributed by atoms with Crippen LogP contribution in [0, 0.1) is 0 Å². The first-order valence-corrected chi connectivity index (χ1v) is 6.46. The third-order valence-corrected chi connectivity index (χ3v) is 3.12. The van der Waals surface area contributed by atoms with Gasteiger partial charge in [0.15, 0.2) is 11.3 Å². The summed E-state index contributed by atoms with van der Waals surface area (Å²) in [5.74, 6) is -3.85. The summed E-state index contributed by atoms with van der Waals surface area (Å²) in [5, 5.41) is 26.4. The molecule has 1 heterocycles. The first-order valence-electron chi connectivity index (χ1n) is 6.08. The van der Waals surface area contributed by atoms with Crippen molar-refractivity contribution in [3.05, 3.63) is 51.8 Å².